The van der Waals surface area contributed by atoms with E-state index in [1.165, 1.54) is 23.9 Å². The first-order chi connectivity index (χ1) is 8.67. The van der Waals surface area contributed by atoms with Gasteiger partial charge in [-0.05, 0) is 31.5 Å². The van der Waals surface area contributed by atoms with Crippen LogP contribution in [-0.4, -0.2) is 18.3 Å². The van der Waals surface area contributed by atoms with Crippen molar-refractivity contribution in [2.24, 2.45) is 0 Å². The van der Waals surface area contributed by atoms with E-state index in [4.69, 9.17) is 5.26 Å². The summed E-state index contributed by atoms with van der Waals surface area (Å²) in [7, 11) is 0. The molecule has 98 valence electrons. The molecule has 5 heteroatoms. The van der Waals surface area contributed by atoms with Gasteiger partial charge in [0.2, 0.25) is 0 Å². The van der Waals surface area contributed by atoms with Crippen molar-refractivity contribution in [1.29, 1.82) is 5.26 Å². The van der Waals surface area contributed by atoms with E-state index in [1.807, 2.05) is 6.92 Å². The first kappa shape index (κ1) is 14.9. The summed E-state index contributed by atoms with van der Waals surface area (Å²) in [5.41, 5.74) is 0. The van der Waals surface area contributed by atoms with Crippen LogP contribution in [0.4, 0.5) is 8.78 Å². The van der Waals surface area contributed by atoms with Gasteiger partial charge in [-0.1, -0.05) is 6.92 Å². The average Bonchev–Trinajstić information content (AvgIpc) is 2.36. The Balaban J connectivity index is 2.38. The van der Waals surface area contributed by atoms with Gasteiger partial charge in [-0.3, -0.25) is 0 Å². The Kier molecular flexibility index (Phi) is 6.69. The largest absolute Gasteiger partial charge is 0.302 e. The molecule has 0 aliphatic rings. The van der Waals surface area contributed by atoms with E-state index >= 15 is 0 Å². The van der Waals surface area contributed by atoms with Crippen molar-refractivity contribution in [3.05, 3.63) is 29.8 Å². The summed E-state index contributed by atoms with van der Waals surface area (Å²) < 4.78 is 26.0. The molecule has 0 fully saturated rings. The minimum Gasteiger partial charge on any atom is -0.302 e. The summed E-state index contributed by atoms with van der Waals surface area (Å²) in [5.74, 6) is -0.497. The molecule has 0 radical (unpaired) electrons. The van der Waals surface area contributed by atoms with Gasteiger partial charge in [0.05, 0.1) is 12.1 Å². The molecule has 1 aromatic rings. The van der Waals surface area contributed by atoms with Crippen LogP contribution >= 0.6 is 11.8 Å². The number of hydrogen-bond donors (Lipinski definition) is 1. The summed E-state index contributed by atoms with van der Waals surface area (Å²) >= 11 is 1.30. The first-order valence-corrected chi connectivity index (χ1v) is 6.86. The molecule has 0 heterocycles. The molecule has 0 spiro atoms. The van der Waals surface area contributed by atoms with Crippen LogP contribution in [0.1, 0.15) is 19.8 Å². The van der Waals surface area contributed by atoms with Crippen molar-refractivity contribution in [2.75, 3.05) is 12.3 Å². The van der Waals surface area contributed by atoms with Crippen LogP contribution in [0.25, 0.3) is 0 Å². The van der Waals surface area contributed by atoms with Crippen molar-refractivity contribution >= 4 is 11.8 Å². The van der Waals surface area contributed by atoms with Gasteiger partial charge < -0.3 is 5.32 Å². The smallest absolute Gasteiger partial charge is 0.139 e. The van der Waals surface area contributed by atoms with Gasteiger partial charge in [-0.15, -0.1) is 11.8 Å². The van der Waals surface area contributed by atoms with Crippen molar-refractivity contribution in [3.8, 4) is 6.07 Å². The Morgan fingerprint density at radius 2 is 2.22 bits per heavy atom. The zero-order chi connectivity index (χ0) is 13.4. The minimum absolute atomic E-state index is 0.207. The molecule has 1 unspecified atom stereocenters. The monoisotopic (exact) mass is 270 g/mol. The fourth-order valence-electron chi connectivity index (χ4n) is 1.41. The lowest BCUT2D eigenvalue weighted by molar-refractivity contribution is 0.565. The van der Waals surface area contributed by atoms with E-state index in [9.17, 15) is 8.78 Å². The van der Waals surface area contributed by atoms with E-state index in [1.54, 1.807) is 0 Å². The number of nitrogens with zero attached hydrogens (tertiary/aromatic N) is 1. The molecule has 0 aromatic heterocycles. The molecular formula is C13H16F2N2S. The molecular weight excluding hydrogens is 254 g/mol. The van der Waals surface area contributed by atoms with Crippen LogP contribution in [0, 0.1) is 23.0 Å². The third kappa shape index (κ3) is 5.03. The number of hydrogen-bond acceptors (Lipinski definition) is 3. The van der Waals surface area contributed by atoms with Crippen molar-refractivity contribution < 1.29 is 8.78 Å². The SMILES string of the molecule is CCCNC(C#N)CCSc1ccc(F)cc1F. The van der Waals surface area contributed by atoms with Gasteiger partial charge in [0.25, 0.3) is 0 Å². The zero-order valence-corrected chi connectivity index (χ0v) is 11.1. The fraction of sp³-hybridized carbons (Fsp3) is 0.462. The molecule has 1 N–H and O–H groups in total. The molecule has 0 bridgehead atoms. The van der Waals surface area contributed by atoms with E-state index < -0.39 is 11.6 Å². The number of nitrogens with one attached hydrogen (secondary N) is 1. The second-order valence-corrected chi connectivity index (χ2v) is 4.98. The van der Waals surface area contributed by atoms with Gasteiger partial charge >= 0.3 is 0 Å². The molecule has 0 aliphatic heterocycles. The fourth-order valence-corrected chi connectivity index (χ4v) is 2.34. The van der Waals surface area contributed by atoms with Crippen LogP contribution in [0.5, 0.6) is 0 Å². The third-order valence-electron chi connectivity index (χ3n) is 2.35. The Hall–Kier alpha value is -1.12. The number of halogens is 2. The van der Waals surface area contributed by atoms with Crippen LogP contribution in [0.2, 0.25) is 0 Å². The highest BCUT2D eigenvalue weighted by Crippen LogP contribution is 2.23. The Labute approximate surface area is 110 Å². The molecule has 0 aliphatic carbocycles. The first-order valence-electron chi connectivity index (χ1n) is 5.88. The Bertz CT molecular complexity index is 418. The Morgan fingerprint density at radius 3 is 2.83 bits per heavy atom. The highest BCUT2D eigenvalue weighted by atomic mass is 32.2. The Morgan fingerprint density at radius 1 is 1.44 bits per heavy atom. The zero-order valence-electron chi connectivity index (χ0n) is 10.2. The minimum atomic E-state index is -0.573. The summed E-state index contributed by atoms with van der Waals surface area (Å²) in [6.07, 6.45) is 1.61. The number of benzene rings is 1. The van der Waals surface area contributed by atoms with E-state index in [-0.39, 0.29) is 6.04 Å². The maximum atomic E-state index is 13.3. The van der Waals surface area contributed by atoms with Crippen molar-refractivity contribution in [3.63, 3.8) is 0 Å². The van der Waals surface area contributed by atoms with Gasteiger partial charge in [-0.25, -0.2) is 8.78 Å². The van der Waals surface area contributed by atoms with Crippen LogP contribution < -0.4 is 5.32 Å². The summed E-state index contributed by atoms with van der Waals surface area (Å²) in [6.45, 7) is 2.83. The maximum Gasteiger partial charge on any atom is 0.139 e. The predicted molar refractivity (Wildman–Crippen MR) is 69.4 cm³/mol. The number of nitriles is 1. The van der Waals surface area contributed by atoms with E-state index in [2.05, 4.69) is 11.4 Å². The summed E-state index contributed by atoms with van der Waals surface area (Å²) in [4.78, 5) is 0.420. The maximum absolute atomic E-state index is 13.3. The van der Waals surface area contributed by atoms with Crippen molar-refractivity contribution in [1.82, 2.24) is 5.32 Å². The summed E-state index contributed by atoms with van der Waals surface area (Å²) in [6, 6.07) is 5.50. The van der Waals surface area contributed by atoms with Gasteiger partial charge in [0.1, 0.15) is 11.6 Å². The normalized spacial score (nSPS) is 12.1. The van der Waals surface area contributed by atoms with E-state index in [0.717, 1.165) is 19.0 Å². The van der Waals surface area contributed by atoms with Crippen LogP contribution in [0.15, 0.2) is 23.1 Å². The molecule has 18 heavy (non-hydrogen) atoms. The van der Waals surface area contributed by atoms with Crippen LogP contribution in [0.3, 0.4) is 0 Å². The van der Waals surface area contributed by atoms with Gasteiger partial charge in [0.15, 0.2) is 0 Å². The van der Waals surface area contributed by atoms with E-state index in [0.29, 0.717) is 17.1 Å². The standard InChI is InChI=1S/C13H16F2N2S/c1-2-6-17-11(9-16)5-7-18-13-4-3-10(14)8-12(13)15/h3-4,8,11,17H,2,5-7H2,1H3. The quantitative estimate of drug-likeness (QED) is 0.772. The number of thioether (sulfide) groups is 1. The third-order valence-corrected chi connectivity index (χ3v) is 3.44. The van der Waals surface area contributed by atoms with Crippen molar-refractivity contribution in [2.45, 2.75) is 30.7 Å². The lowest BCUT2D eigenvalue weighted by Crippen LogP contribution is -2.28. The molecule has 2 nitrogen and oxygen atoms in total. The summed E-state index contributed by atoms with van der Waals surface area (Å²) in [5, 5.41) is 12.0. The van der Waals surface area contributed by atoms with Gasteiger partial charge in [-0.2, -0.15) is 5.26 Å². The lowest BCUT2D eigenvalue weighted by atomic mass is 10.2. The molecule has 1 aromatic carbocycles. The average molecular weight is 270 g/mol. The molecule has 1 rings (SSSR count). The van der Waals surface area contributed by atoms with Crippen LogP contribution in [-0.2, 0) is 0 Å². The van der Waals surface area contributed by atoms with Gasteiger partial charge in [0, 0.05) is 16.7 Å². The molecule has 0 saturated carbocycles. The number of rotatable bonds is 7. The molecule has 1 atom stereocenters. The highest BCUT2D eigenvalue weighted by Gasteiger charge is 2.08. The second kappa shape index (κ2) is 8.06. The lowest BCUT2D eigenvalue weighted by Gasteiger charge is -2.10. The molecule has 0 saturated heterocycles. The highest BCUT2D eigenvalue weighted by molar-refractivity contribution is 7.99. The molecule has 0 amide bonds. The predicted octanol–water partition coefficient (Wildman–Crippen LogP) is 3.34. The second-order valence-electron chi connectivity index (χ2n) is 3.85. The topological polar surface area (TPSA) is 35.8 Å².